The lowest BCUT2D eigenvalue weighted by Gasteiger charge is -2.30. The number of esters is 1. The monoisotopic (exact) mass is 446 g/mol. The van der Waals surface area contributed by atoms with E-state index in [9.17, 15) is 9.59 Å². The lowest BCUT2D eigenvalue weighted by molar-refractivity contribution is -0.143. The Kier molecular flexibility index (Phi) is 8.09. The van der Waals surface area contributed by atoms with Crippen molar-refractivity contribution in [1.29, 1.82) is 5.41 Å². The van der Waals surface area contributed by atoms with Gasteiger partial charge in [0, 0.05) is 28.5 Å². The molecule has 1 saturated carbocycles. The summed E-state index contributed by atoms with van der Waals surface area (Å²) in [5.74, 6) is 5.55. The van der Waals surface area contributed by atoms with Gasteiger partial charge in [-0.2, -0.15) is 0 Å². The number of benzene rings is 2. The third-order valence-electron chi connectivity index (χ3n) is 5.75. The van der Waals surface area contributed by atoms with Crippen molar-refractivity contribution in [2.45, 2.75) is 45.1 Å². The zero-order valence-corrected chi connectivity index (χ0v) is 19.1. The number of rotatable bonds is 7. The first kappa shape index (κ1) is 23.9. The quantitative estimate of drug-likeness (QED) is 0.198. The van der Waals surface area contributed by atoms with Crippen molar-refractivity contribution in [2.75, 3.05) is 23.9 Å². The Morgan fingerprint density at radius 1 is 1.18 bits per heavy atom. The van der Waals surface area contributed by atoms with Crippen molar-refractivity contribution in [1.82, 2.24) is 0 Å². The van der Waals surface area contributed by atoms with Crippen molar-refractivity contribution in [3.05, 3.63) is 59.2 Å². The highest BCUT2D eigenvalue weighted by atomic mass is 16.5. The second-order valence-electron chi connectivity index (χ2n) is 8.10. The van der Waals surface area contributed by atoms with E-state index in [-0.39, 0.29) is 24.2 Å². The van der Waals surface area contributed by atoms with Gasteiger partial charge in [-0.15, -0.1) is 0 Å². The molecule has 172 valence electrons. The minimum atomic E-state index is -0.522. The van der Waals surface area contributed by atoms with Gasteiger partial charge in [0.15, 0.2) is 0 Å². The molecule has 0 spiro atoms. The number of amidine groups is 1. The van der Waals surface area contributed by atoms with Gasteiger partial charge in [-0.3, -0.25) is 15.0 Å². The van der Waals surface area contributed by atoms with Crippen molar-refractivity contribution >= 4 is 29.1 Å². The molecule has 7 nitrogen and oxygen atoms in total. The minimum absolute atomic E-state index is 0.0404. The standard InChI is InChI=1S/C26H30N4O3/c1-18-16-19(6-5-15-29-21-12-10-20(11-13-21)26(27)28)9-14-23(18)30(22-7-3-4-8-22)24(31)17-25(32)33-2/h9-14,16,22,29H,3-4,7-8,15,17H2,1-2H3,(H3,27,28). The van der Waals surface area contributed by atoms with Crippen LogP contribution in [0.15, 0.2) is 42.5 Å². The fraction of sp³-hybridized carbons (Fsp3) is 0.346. The number of amides is 1. The summed E-state index contributed by atoms with van der Waals surface area (Å²) in [4.78, 5) is 26.4. The van der Waals surface area contributed by atoms with Gasteiger partial charge in [0.1, 0.15) is 12.3 Å². The zero-order chi connectivity index (χ0) is 23.8. The molecule has 33 heavy (non-hydrogen) atoms. The summed E-state index contributed by atoms with van der Waals surface area (Å²) in [6.45, 7) is 2.43. The summed E-state index contributed by atoms with van der Waals surface area (Å²) in [5.41, 5.74) is 9.68. The molecule has 0 bridgehead atoms. The molecule has 0 unspecified atom stereocenters. The molecule has 0 atom stereocenters. The van der Waals surface area contributed by atoms with E-state index in [0.29, 0.717) is 12.1 Å². The van der Waals surface area contributed by atoms with Gasteiger partial charge in [0.25, 0.3) is 0 Å². The van der Waals surface area contributed by atoms with Crippen LogP contribution in [-0.2, 0) is 14.3 Å². The number of anilines is 2. The van der Waals surface area contributed by atoms with Crippen molar-refractivity contribution < 1.29 is 14.3 Å². The third kappa shape index (κ3) is 6.36. The number of nitrogens with two attached hydrogens (primary N) is 1. The molecular weight excluding hydrogens is 416 g/mol. The fourth-order valence-electron chi connectivity index (χ4n) is 4.04. The van der Waals surface area contributed by atoms with Crippen LogP contribution in [0.3, 0.4) is 0 Å². The van der Waals surface area contributed by atoms with E-state index < -0.39 is 5.97 Å². The molecule has 0 saturated heterocycles. The second-order valence-corrected chi connectivity index (χ2v) is 8.10. The first-order chi connectivity index (χ1) is 15.9. The molecular formula is C26H30N4O3. The molecule has 4 N–H and O–H groups in total. The Morgan fingerprint density at radius 2 is 1.88 bits per heavy atom. The topological polar surface area (TPSA) is 109 Å². The van der Waals surface area contributed by atoms with Crippen molar-refractivity contribution in [3.63, 3.8) is 0 Å². The predicted octanol–water partition coefficient (Wildman–Crippen LogP) is 3.58. The SMILES string of the molecule is COC(=O)CC(=O)N(c1ccc(C#CCNc2ccc(C(=N)N)cc2)cc1C)C1CCCC1. The Morgan fingerprint density at radius 3 is 2.48 bits per heavy atom. The summed E-state index contributed by atoms with van der Waals surface area (Å²) in [6.07, 6.45) is 3.78. The Hall–Kier alpha value is -3.79. The average molecular weight is 447 g/mol. The maximum absolute atomic E-state index is 12.9. The maximum atomic E-state index is 12.9. The molecule has 1 aliphatic carbocycles. The highest BCUT2D eigenvalue weighted by Gasteiger charge is 2.30. The Labute approximate surface area is 194 Å². The van der Waals surface area contributed by atoms with E-state index in [1.807, 2.05) is 37.3 Å². The van der Waals surface area contributed by atoms with Crippen LogP contribution in [0.1, 0.15) is 48.8 Å². The van der Waals surface area contributed by atoms with Gasteiger partial charge < -0.3 is 20.7 Å². The number of nitrogen functional groups attached to an aromatic ring is 1. The van der Waals surface area contributed by atoms with Gasteiger partial charge in [0.05, 0.1) is 13.7 Å². The number of carbonyl (C=O) groups is 2. The van der Waals surface area contributed by atoms with E-state index in [4.69, 9.17) is 15.9 Å². The molecule has 2 aromatic carbocycles. The number of ether oxygens (including phenoxy) is 1. The Balaban J connectivity index is 1.69. The second kappa shape index (κ2) is 11.2. The van der Waals surface area contributed by atoms with Gasteiger partial charge in [-0.1, -0.05) is 24.7 Å². The summed E-state index contributed by atoms with van der Waals surface area (Å²) >= 11 is 0. The van der Waals surface area contributed by atoms with Crippen LogP contribution in [0.4, 0.5) is 11.4 Å². The largest absolute Gasteiger partial charge is 0.469 e. The lowest BCUT2D eigenvalue weighted by Crippen LogP contribution is -2.40. The van der Waals surface area contributed by atoms with E-state index >= 15 is 0 Å². The summed E-state index contributed by atoms with van der Waals surface area (Å²) in [5, 5.41) is 10.7. The summed E-state index contributed by atoms with van der Waals surface area (Å²) in [6, 6.07) is 13.2. The number of nitrogens with zero attached hydrogens (tertiary/aromatic N) is 1. The van der Waals surface area contributed by atoms with Gasteiger partial charge in [0.2, 0.25) is 5.91 Å². The maximum Gasteiger partial charge on any atom is 0.315 e. The van der Waals surface area contributed by atoms with E-state index in [1.165, 1.54) is 7.11 Å². The molecule has 7 heteroatoms. The van der Waals surface area contributed by atoms with E-state index in [0.717, 1.165) is 48.2 Å². The number of carbonyl (C=O) groups excluding carboxylic acids is 2. The van der Waals surface area contributed by atoms with E-state index in [1.54, 1.807) is 17.0 Å². The highest BCUT2D eigenvalue weighted by molar-refractivity contribution is 6.04. The smallest absolute Gasteiger partial charge is 0.315 e. The molecule has 0 heterocycles. The van der Waals surface area contributed by atoms with Crippen molar-refractivity contribution in [2.24, 2.45) is 5.73 Å². The molecule has 3 rings (SSSR count). The number of nitrogens with one attached hydrogen (secondary N) is 2. The number of aryl methyl sites for hydroxylation is 1. The van der Waals surface area contributed by atoms with Crippen LogP contribution >= 0.6 is 0 Å². The average Bonchev–Trinajstić information content (AvgIpc) is 3.33. The molecule has 1 amide bonds. The number of hydrogen-bond acceptors (Lipinski definition) is 5. The number of hydrogen-bond donors (Lipinski definition) is 3. The normalized spacial score (nSPS) is 13.0. The first-order valence-corrected chi connectivity index (χ1v) is 11.1. The highest BCUT2D eigenvalue weighted by Crippen LogP contribution is 2.31. The minimum Gasteiger partial charge on any atom is -0.469 e. The summed E-state index contributed by atoms with van der Waals surface area (Å²) in [7, 11) is 1.30. The van der Waals surface area contributed by atoms with Crippen LogP contribution in [0.5, 0.6) is 0 Å². The predicted molar refractivity (Wildman–Crippen MR) is 130 cm³/mol. The fourth-order valence-corrected chi connectivity index (χ4v) is 4.04. The first-order valence-electron chi connectivity index (χ1n) is 11.1. The molecule has 0 aliphatic heterocycles. The lowest BCUT2D eigenvalue weighted by atomic mass is 10.1. The molecule has 0 radical (unpaired) electrons. The van der Waals surface area contributed by atoms with Crippen LogP contribution in [0.25, 0.3) is 0 Å². The Bertz CT molecular complexity index is 1080. The van der Waals surface area contributed by atoms with Gasteiger partial charge >= 0.3 is 5.97 Å². The van der Waals surface area contributed by atoms with Crippen LogP contribution in [0.2, 0.25) is 0 Å². The summed E-state index contributed by atoms with van der Waals surface area (Å²) < 4.78 is 4.70. The molecule has 1 fully saturated rings. The van der Waals surface area contributed by atoms with Crippen LogP contribution < -0.4 is 16.0 Å². The molecule has 2 aromatic rings. The van der Waals surface area contributed by atoms with Gasteiger partial charge in [-0.05, 0) is 67.8 Å². The van der Waals surface area contributed by atoms with E-state index in [2.05, 4.69) is 17.2 Å². The number of methoxy groups -OCH3 is 1. The van der Waals surface area contributed by atoms with Gasteiger partial charge in [-0.25, -0.2) is 0 Å². The molecule has 0 aromatic heterocycles. The van der Waals surface area contributed by atoms with Crippen LogP contribution in [-0.4, -0.2) is 37.4 Å². The van der Waals surface area contributed by atoms with Crippen LogP contribution in [0, 0.1) is 24.2 Å². The van der Waals surface area contributed by atoms with Crippen molar-refractivity contribution in [3.8, 4) is 11.8 Å². The molecule has 1 aliphatic rings. The third-order valence-corrected chi connectivity index (χ3v) is 5.75. The zero-order valence-electron chi connectivity index (χ0n) is 19.1.